The van der Waals surface area contributed by atoms with Crippen LogP contribution in [0.25, 0.3) is 0 Å². The van der Waals surface area contributed by atoms with Gasteiger partial charge in [0.05, 0.1) is 33.6 Å². The zero-order valence-corrected chi connectivity index (χ0v) is 11.6. The summed E-state index contributed by atoms with van der Waals surface area (Å²) in [7, 11) is -3.13. The molecule has 1 atom stereocenters. The van der Waals surface area contributed by atoms with E-state index in [4.69, 9.17) is 0 Å². The van der Waals surface area contributed by atoms with E-state index in [1.54, 1.807) is 13.0 Å². The van der Waals surface area contributed by atoms with Gasteiger partial charge >= 0.3 is 0 Å². The van der Waals surface area contributed by atoms with Crippen LogP contribution in [0.2, 0.25) is 0 Å². The molecule has 1 N–H and O–H groups in total. The van der Waals surface area contributed by atoms with E-state index in [0.717, 1.165) is 0 Å². The third kappa shape index (κ3) is 2.96. The van der Waals surface area contributed by atoms with Crippen LogP contribution in [-0.2, 0) is 14.6 Å². The summed E-state index contributed by atoms with van der Waals surface area (Å²) in [5.74, 6) is -1.14. The number of rotatable bonds is 3. The van der Waals surface area contributed by atoms with Crippen LogP contribution < -0.4 is 5.32 Å². The van der Waals surface area contributed by atoms with Gasteiger partial charge in [0, 0.05) is 6.07 Å². The van der Waals surface area contributed by atoms with Crippen molar-refractivity contribution in [3.05, 3.63) is 33.9 Å². The maximum Gasteiger partial charge on any atom is 0.274 e. The summed E-state index contributed by atoms with van der Waals surface area (Å²) in [6.07, 6.45) is 0.294. The lowest BCUT2D eigenvalue weighted by molar-refractivity contribution is -0.385. The molecule has 2 rings (SSSR count). The van der Waals surface area contributed by atoms with E-state index in [0.29, 0.717) is 17.7 Å². The molecule has 0 bridgehead atoms. The van der Waals surface area contributed by atoms with E-state index in [1.807, 2.05) is 0 Å². The van der Waals surface area contributed by atoms with Crippen molar-refractivity contribution in [1.82, 2.24) is 0 Å². The molecular weight excluding hydrogens is 284 g/mol. The van der Waals surface area contributed by atoms with Crippen molar-refractivity contribution in [2.24, 2.45) is 5.92 Å². The Kier molecular flexibility index (Phi) is 3.76. The summed E-state index contributed by atoms with van der Waals surface area (Å²) in [6.45, 7) is 1.54. The van der Waals surface area contributed by atoms with Crippen LogP contribution >= 0.6 is 0 Å². The average molecular weight is 298 g/mol. The van der Waals surface area contributed by atoms with Crippen LogP contribution in [0.3, 0.4) is 0 Å². The van der Waals surface area contributed by atoms with Crippen LogP contribution in [0.1, 0.15) is 12.0 Å². The zero-order valence-electron chi connectivity index (χ0n) is 10.8. The zero-order chi connectivity index (χ0) is 14.9. The molecule has 1 aliphatic rings. The van der Waals surface area contributed by atoms with Gasteiger partial charge in [-0.3, -0.25) is 14.9 Å². The van der Waals surface area contributed by atoms with Gasteiger partial charge < -0.3 is 5.32 Å². The average Bonchev–Trinajstić information content (AvgIpc) is 2.72. The molecule has 0 radical (unpaired) electrons. The number of anilines is 1. The number of benzene rings is 1. The second kappa shape index (κ2) is 5.20. The molecule has 1 aromatic carbocycles. The van der Waals surface area contributed by atoms with Gasteiger partial charge in [0.25, 0.3) is 5.69 Å². The summed E-state index contributed by atoms with van der Waals surface area (Å²) in [4.78, 5) is 22.3. The van der Waals surface area contributed by atoms with Crippen molar-refractivity contribution in [1.29, 1.82) is 0 Å². The number of hydrogen-bond acceptors (Lipinski definition) is 5. The number of nitrogens with zero attached hydrogens (tertiary/aromatic N) is 1. The van der Waals surface area contributed by atoms with Crippen molar-refractivity contribution in [2.75, 3.05) is 16.8 Å². The maximum atomic E-state index is 12.0. The lowest BCUT2D eigenvalue weighted by atomic mass is 10.1. The smallest absolute Gasteiger partial charge is 0.274 e. The number of nitro benzene ring substituents is 1. The largest absolute Gasteiger partial charge is 0.325 e. The Balaban J connectivity index is 2.17. The third-order valence-corrected chi connectivity index (χ3v) is 5.13. The van der Waals surface area contributed by atoms with Gasteiger partial charge in [-0.25, -0.2) is 8.42 Å². The topological polar surface area (TPSA) is 106 Å². The van der Waals surface area contributed by atoms with Gasteiger partial charge in [0.2, 0.25) is 5.91 Å². The second-order valence-corrected chi connectivity index (χ2v) is 7.02. The minimum atomic E-state index is -3.13. The molecule has 1 aromatic rings. The molecule has 1 saturated heterocycles. The van der Waals surface area contributed by atoms with E-state index in [9.17, 15) is 23.3 Å². The van der Waals surface area contributed by atoms with Crippen molar-refractivity contribution in [3.8, 4) is 0 Å². The lowest BCUT2D eigenvalue weighted by Crippen LogP contribution is -2.24. The highest BCUT2D eigenvalue weighted by Crippen LogP contribution is 2.26. The number of carbonyl (C=O) groups is 1. The number of carbonyl (C=O) groups excluding carboxylic acids is 1. The Hall–Kier alpha value is -1.96. The molecule has 1 amide bonds. The second-order valence-electron chi connectivity index (χ2n) is 4.80. The highest BCUT2D eigenvalue weighted by Gasteiger charge is 2.33. The maximum absolute atomic E-state index is 12.0. The first-order chi connectivity index (χ1) is 9.30. The fraction of sp³-hybridized carbons (Fsp3) is 0.417. The van der Waals surface area contributed by atoms with Crippen molar-refractivity contribution >= 4 is 27.1 Å². The summed E-state index contributed by atoms with van der Waals surface area (Å²) in [5.41, 5.74) is 0.613. The van der Waals surface area contributed by atoms with E-state index in [-0.39, 0.29) is 17.2 Å². The summed E-state index contributed by atoms with van der Waals surface area (Å²) >= 11 is 0. The van der Waals surface area contributed by atoms with Crippen molar-refractivity contribution in [2.45, 2.75) is 13.3 Å². The van der Waals surface area contributed by atoms with Gasteiger partial charge in [0.1, 0.15) is 0 Å². The number of sulfone groups is 1. The van der Waals surface area contributed by atoms with Gasteiger partial charge in [-0.05, 0) is 19.4 Å². The monoisotopic (exact) mass is 298 g/mol. The highest BCUT2D eigenvalue weighted by atomic mass is 32.2. The lowest BCUT2D eigenvalue weighted by Gasteiger charge is -2.11. The molecule has 0 saturated carbocycles. The van der Waals surface area contributed by atoms with Crippen LogP contribution in [-0.4, -0.2) is 30.8 Å². The highest BCUT2D eigenvalue weighted by molar-refractivity contribution is 7.91. The molecule has 1 aliphatic heterocycles. The Bertz CT molecular complexity index is 668. The first-order valence-corrected chi connectivity index (χ1v) is 7.87. The van der Waals surface area contributed by atoms with Crippen molar-refractivity contribution in [3.63, 3.8) is 0 Å². The van der Waals surface area contributed by atoms with Crippen LogP contribution in [0.4, 0.5) is 11.4 Å². The number of nitro groups is 1. The Morgan fingerprint density at radius 2 is 2.15 bits per heavy atom. The minimum absolute atomic E-state index is 0.0129. The standard InChI is InChI=1S/C12H14N2O5S/c1-8-10(3-2-4-11(8)14(16)17)13-12(15)9-5-6-20(18,19)7-9/h2-4,9H,5-7H2,1H3,(H,13,15). The molecule has 0 aromatic heterocycles. The molecule has 108 valence electrons. The van der Waals surface area contributed by atoms with Crippen LogP contribution in [0.15, 0.2) is 18.2 Å². The van der Waals surface area contributed by atoms with E-state index in [2.05, 4.69) is 5.32 Å². The molecule has 0 aliphatic carbocycles. The summed E-state index contributed by atoms with van der Waals surface area (Å²) in [6, 6.07) is 4.39. The number of amides is 1. The first kappa shape index (κ1) is 14.4. The fourth-order valence-electron chi connectivity index (χ4n) is 2.19. The summed E-state index contributed by atoms with van der Waals surface area (Å²) in [5, 5.41) is 13.4. The molecule has 20 heavy (non-hydrogen) atoms. The Labute approximate surface area is 116 Å². The van der Waals surface area contributed by atoms with E-state index < -0.39 is 26.6 Å². The number of nitrogens with one attached hydrogen (secondary N) is 1. The predicted octanol–water partition coefficient (Wildman–Crippen LogP) is 1.28. The van der Waals surface area contributed by atoms with E-state index in [1.165, 1.54) is 12.1 Å². The molecular formula is C12H14N2O5S. The molecule has 1 fully saturated rings. The number of hydrogen-bond donors (Lipinski definition) is 1. The van der Waals surface area contributed by atoms with Crippen LogP contribution in [0, 0.1) is 23.0 Å². The van der Waals surface area contributed by atoms with Gasteiger partial charge in [-0.15, -0.1) is 0 Å². The van der Waals surface area contributed by atoms with E-state index >= 15 is 0 Å². The van der Waals surface area contributed by atoms with Crippen LogP contribution in [0.5, 0.6) is 0 Å². The fourth-order valence-corrected chi connectivity index (χ4v) is 3.93. The van der Waals surface area contributed by atoms with Gasteiger partial charge in [-0.1, -0.05) is 6.07 Å². The van der Waals surface area contributed by atoms with Gasteiger partial charge in [0.15, 0.2) is 9.84 Å². The normalized spacial score (nSPS) is 20.6. The third-order valence-electron chi connectivity index (χ3n) is 3.36. The predicted molar refractivity (Wildman–Crippen MR) is 73.2 cm³/mol. The molecule has 0 spiro atoms. The quantitative estimate of drug-likeness (QED) is 0.668. The molecule has 8 heteroatoms. The Morgan fingerprint density at radius 1 is 1.45 bits per heavy atom. The molecule has 1 heterocycles. The van der Waals surface area contributed by atoms with Crippen molar-refractivity contribution < 1.29 is 18.1 Å². The first-order valence-electron chi connectivity index (χ1n) is 6.05. The molecule has 1 unspecified atom stereocenters. The molecule has 7 nitrogen and oxygen atoms in total. The minimum Gasteiger partial charge on any atom is -0.325 e. The Morgan fingerprint density at radius 3 is 2.70 bits per heavy atom. The summed E-state index contributed by atoms with van der Waals surface area (Å²) < 4.78 is 22.7. The SMILES string of the molecule is Cc1c(NC(=O)C2CCS(=O)(=O)C2)cccc1[N+](=O)[O-]. The van der Waals surface area contributed by atoms with Gasteiger partial charge in [-0.2, -0.15) is 0 Å².